The predicted octanol–water partition coefficient (Wildman–Crippen LogP) is 2.48. The molecular formula is C16H21N3O. The van der Waals surface area contributed by atoms with Crippen molar-refractivity contribution in [2.75, 3.05) is 19.9 Å². The molecular weight excluding hydrogens is 250 g/mol. The Morgan fingerprint density at radius 1 is 1.35 bits per heavy atom. The number of anilines is 1. The summed E-state index contributed by atoms with van der Waals surface area (Å²) in [5.74, 6) is 0.907. The van der Waals surface area contributed by atoms with E-state index in [4.69, 9.17) is 10.5 Å². The monoisotopic (exact) mass is 271 g/mol. The lowest BCUT2D eigenvalue weighted by Gasteiger charge is -2.19. The van der Waals surface area contributed by atoms with Crippen LogP contribution >= 0.6 is 0 Å². The molecule has 0 fully saturated rings. The number of benzene rings is 1. The number of ether oxygens (including phenoxy) is 1. The fourth-order valence-corrected chi connectivity index (χ4v) is 2.33. The number of methoxy groups -OCH3 is 1. The van der Waals surface area contributed by atoms with Gasteiger partial charge in [-0.3, -0.25) is 4.98 Å². The normalized spacial score (nSPS) is 12.2. The minimum Gasteiger partial charge on any atom is -0.496 e. The molecule has 0 aliphatic rings. The fraction of sp³-hybridized carbons (Fsp3) is 0.312. The maximum atomic E-state index is 5.99. The van der Waals surface area contributed by atoms with Crippen LogP contribution in [0.15, 0.2) is 36.7 Å². The standard InChI is InChI=1S/C16H21N3O/c1-11-8-12(4-5-16(11)20-3)15(18-2)9-13-10-19-7-6-14(13)17/h4-8,10,15,18H,9H2,1-3H3,(H2,17,19). The second-order valence-corrected chi connectivity index (χ2v) is 4.85. The number of aryl methyl sites for hydroxylation is 1. The molecule has 1 aromatic heterocycles. The molecule has 0 bridgehead atoms. The van der Waals surface area contributed by atoms with Crippen LogP contribution in [0.1, 0.15) is 22.7 Å². The fourth-order valence-electron chi connectivity index (χ4n) is 2.33. The van der Waals surface area contributed by atoms with Crippen LogP contribution in [-0.4, -0.2) is 19.1 Å². The van der Waals surface area contributed by atoms with Gasteiger partial charge in [-0.25, -0.2) is 0 Å². The summed E-state index contributed by atoms with van der Waals surface area (Å²) in [6, 6.07) is 8.26. The van der Waals surface area contributed by atoms with Gasteiger partial charge in [0.15, 0.2) is 0 Å². The third-order valence-corrected chi connectivity index (χ3v) is 3.54. The van der Waals surface area contributed by atoms with E-state index in [2.05, 4.69) is 22.4 Å². The number of hydrogen-bond donors (Lipinski definition) is 2. The summed E-state index contributed by atoms with van der Waals surface area (Å²) in [5.41, 5.74) is 10.2. The van der Waals surface area contributed by atoms with Crippen LogP contribution in [-0.2, 0) is 6.42 Å². The lowest BCUT2D eigenvalue weighted by molar-refractivity contribution is 0.411. The number of nitrogens with two attached hydrogens (primary N) is 1. The molecule has 0 radical (unpaired) electrons. The van der Waals surface area contributed by atoms with Crippen molar-refractivity contribution in [2.45, 2.75) is 19.4 Å². The number of nitrogens with one attached hydrogen (secondary N) is 1. The zero-order valence-corrected chi connectivity index (χ0v) is 12.2. The lowest BCUT2D eigenvalue weighted by Crippen LogP contribution is -2.19. The Bertz CT molecular complexity index is 584. The zero-order valence-electron chi connectivity index (χ0n) is 12.2. The largest absolute Gasteiger partial charge is 0.496 e. The van der Waals surface area contributed by atoms with Crippen molar-refractivity contribution in [3.63, 3.8) is 0 Å². The van der Waals surface area contributed by atoms with Crippen LogP contribution in [0.25, 0.3) is 0 Å². The van der Waals surface area contributed by atoms with Gasteiger partial charge in [0.1, 0.15) is 5.75 Å². The van der Waals surface area contributed by atoms with E-state index < -0.39 is 0 Å². The van der Waals surface area contributed by atoms with Crippen molar-refractivity contribution >= 4 is 5.69 Å². The van der Waals surface area contributed by atoms with Crippen molar-refractivity contribution in [1.82, 2.24) is 10.3 Å². The number of pyridine rings is 1. The molecule has 20 heavy (non-hydrogen) atoms. The molecule has 0 spiro atoms. The number of rotatable bonds is 5. The summed E-state index contributed by atoms with van der Waals surface area (Å²) in [6.45, 7) is 2.05. The molecule has 1 heterocycles. The molecule has 1 aromatic carbocycles. The molecule has 0 aliphatic carbocycles. The molecule has 1 unspecified atom stereocenters. The first-order valence-corrected chi connectivity index (χ1v) is 6.66. The van der Waals surface area contributed by atoms with Gasteiger partial charge < -0.3 is 15.8 Å². The number of likely N-dealkylation sites (N-methyl/N-ethyl adjacent to an activating group) is 1. The van der Waals surface area contributed by atoms with Crippen molar-refractivity contribution in [2.24, 2.45) is 0 Å². The number of nitrogen functional groups attached to an aromatic ring is 1. The van der Waals surface area contributed by atoms with Crippen LogP contribution < -0.4 is 15.8 Å². The third kappa shape index (κ3) is 3.08. The van der Waals surface area contributed by atoms with Gasteiger partial charge in [0.2, 0.25) is 0 Å². The molecule has 3 N–H and O–H groups in total. The molecule has 0 saturated heterocycles. The van der Waals surface area contributed by atoms with Crippen LogP contribution in [0.3, 0.4) is 0 Å². The quantitative estimate of drug-likeness (QED) is 0.877. The molecule has 2 aromatic rings. The molecule has 4 heteroatoms. The van der Waals surface area contributed by atoms with Gasteiger partial charge in [0.25, 0.3) is 0 Å². The molecule has 2 rings (SSSR count). The Morgan fingerprint density at radius 2 is 2.15 bits per heavy atom. The molecule has 4 nitrogen and oxygen atoms in total. The van der Waals surface area contributed by atoms with Gasteiger partial charge in [-0.1, -0.05) is 12.1 Å². The third-order valence-electron chi connectivity index (χ3n) is 3.54. The van der Waals surface area contributed by atoms with E-state index >= 15 is 0 Å². The lowest BCUT2D eigenvalue weighted by atomic mass is 9.97. The van der Waals surface area contributed by atoms with E-state index in [1.54, 1.807) is 13.3 Å². The summed E-state index contributed by atoms with van der Waals surface area (Å²) in [5, 5.41) is 3.33. The second kappa shape index (κ2) is 6.39. The summed E-state index contributed by atoms with van der Waals surface area (Å²) in [6.07, 6.45) is 4.35. The van der Waals surface area contributed by atoms with Crippen LogP contribution in [0, 0.1) is 6.92 Å². The highest BCUT2D eigenvalue weighted by Gasteiger charge is 2.13. The highest BCUT2D eigenvalue weighted by Crippen LogP contribution is 2.25. The number of aromatic nitrogens is 1. The van der Waals surface area contributed by atoms with E-state index in [-0.39, 0.29) is 6.04 Å². The Labute approximate surface area is 120 Å². The van der Waals surface area contributed by atoms with Gasteiger partial charge in [0, 0.05) is 24.1 Å². The number of nitrogens with zero attached hydrogens (tertiary/aromatic N) is 1. The minimum atomic E-state index is 0.200. The first kappa shape index (κ1) is 14.3. The average molecular weight is 271 g/mol. The first-order valence-electron chi connectivity index (χ1n) is 6.66. The van der Waals surface area contributed by atoms with Crippen molar-refractivity contribution in [3.05, 3.63) is 53.3 Å². The maximum absolute atomic E-state index is 5.99. The Morgan fingerprint density at radius 3 is 2.75 bits per heavy atom. The van der Waals surface area contributed by atoms with Crippen LogP contribution in [0.2, 0.25) is 0 Å². The minimum absolute atomic E-state index is 0.200. The summed E-state index contributed by atoms with van der Waals surface area (Å²) in [4.78, 5) is 4.14. The molecule has 0 aliphatic heterocycles. The van der Waals surface area contributed by atoms with Gasteiger partial charge in [-0.2, -0.15) is 0 Å². The summed E-state index contributed by atoms with van der Waals surface area (Å²) >= 11 is 0. The van der Waals surface area contributed by atoms with Gasteiger partial charge >= 0.3 is 0 Å². The van der Waals surface area contributed by atoms with E-state index in [1.165, 1.54) is 5.56 Å². The van der Waals surface area contributed by atoms with E-state index in [0.717, 1.165) is 29.0 Å². The van der Waals surface area contributed by atoms with Gasteiger partial charge in [0.05, 0.1) is 7.11 Å². The van der Waals surface area contributed by atoms with Crippen LogP contribution in [0.5, 0.6) is 5.75 Å². The second-order valence-electron chi connectivity index (χ2n) is 4.85. The topological polar surface area (TPSA) is 60.2 Å². The van der Waals surface area contributed by atoms with Crippen molar-refractivity contribution in [1.29, 1.82) is 0 Å². The highest BCUT2D eigenvalue weighted by atomic mass is 16.5. The summed E-state index contributed by atoms with van der Waals surface area (Å²) < 4.78 is 5.30. The molecule has 0 saturated carbocycles. The average Bonchev–Trinajstić information content (AvgIpc) is 2.46. The number of hydrogen-bond acceptors (Lipinski definition) is 4. The summed E-state index contributed by atoms with van der Waals surface area (Å²) in [7, 11) is 3.64. The van der Waals surface area contributed by atoms with E-state index in [9.17, 15) is 0 Å². The van der Waals surface area contributed by atoms with Crippen molar-refractivity contribution < 1.29 is 4.74 Å². The van der Waals surface area contributed by atoms with Crippen molar-refractivity contribution in [3.8, 4) is 5.75 Å². The first-order chi connectivity index (χ1) is 9.65. The van der Waals surface area contributed by atoms with E-state index in [0.29, 0.717) is 0 Å². The maximum Gasteiger partial charge on any atom is 0.121 e. The highest BCUT2D eigenvalue weighted by molar-refractivity contribution is 5.45. The van der Waals surface area contributed by atoms with Gasteiger partial charge in [-0.15, -0.1) is 0 Å². The van der Waals surface area contributed by atoms with Gasteiger partial charge in [-0.05, 0) is 49.2 Å². The molecule has 0 amide bonds. The van der Waals surface area contributed by atoms with Crippen LogP contribution in [0.4, 0.5) is 5.69 Å². The predicted molar refractivity (Wildman–Crippen MR) is 81.9 cm³/mol. The molecule has 1 atom stereocenters. The SMILES string of the molecule is CNC(Cc1cnccc1N)c1ccc(OC)c(C)c1. The Kier molecular flexibility index (Phi) is 4.58. The Balaban J connectivity index is 2.24. The zero-order chi connectivity index (χ0) is 14.5. The smallest absolute Gasteiger partial charge is 0.121 e. The Hall–Kier alpha value is -2.07. The molecule has 106 valence electrons. The van der Waals surface area contributed by atoms with E-state index in [1.807, 2.05) is 32.3 Å².